The molecule has 2 aromatic rings. The van der Waals surface area contributed by atoms with Crippen LogP contribution >= 0.6 is 11.8 Å². The predicted octanol–water partition coefficient (Wildman–Crippen LogP) is 4.57. The van der Waals surface area contributed by atoms with Gasteiger partial charge in [-0.2, -0.15) is 0 Å². The molecule has 4 N–H and O–H groups in total. The largest absolute Gasteiger partial charge is 0.399 e. The number of amides is 3. The second-order valence-corrected chi connectivity index (χ2v) is 9.53. The van der Waals surface area contributed by atoms with Crippen molar-refractivity contribution in [1.29, 1.82) is 0 Å². The molecule has 2 atom stereocenters. The van der Waals surface area contributed by atoms with E-state index in [-0.39, 0.29) is 23.9 Å². The Morgan fingerprint density at radius 2 is 1.88 bits per heavy atom. The van der Waals surface area contributed by atoms with Crippen molar-refractivity contribution in [2.24, 2.45) is 5.92 Å². The van der Waals surface area contributed by atoms with Crippen LogP contribution in [0.1, 0.15) is 50.3 Å². The number of likely N-dealkylation sites (tertiary alicyclic amines) is 1. The Hall–Kier alpha value is -2.67. The smallest absolute Gasteiger partial charge is 0.315 e. The number of benzene rings is 2. The highest BCUT2D eigenvalue weighted by Crippen LogP contribution is 2.37. The molecule has 1 aliphatic heterocycles. The molecule has 1 heterocycles. The fraction of sp³-hybridized carbons (Fsp3) is 0.440. The van der Waals surface area contributed by atoms with Crippen molar-refractivity contribution in [2.75, 3.05) is 18.5 Å². The summed E-state index contributed by atoms with van der Waals surface area (Å²) in [6, 6.07) is 14.8. The van der Waals surface area contributed by atoms with Crippen molar-refractivity contribution in [2.45, 2.75) is 56.6 Å². The summed E-state index contributed by atoms with van der Waals surface area (Å²) in [4.78, 5) is 29.4. The van der Waals surface area contributed by atoms with Gasteiger partial charge in [0.1, 0.15) is 6.04 Å². The molecule has 32 heavy (non-hydrogen) atoms. The lowest BCUT2D eigenvalue weighted by atomic mass is 10.0. The van der Waals surface area contributed by atoms with Gasteiger partial charge in [-0.25, -0.2) is 4.79 Å². The molecule has 1 saturated heterocycles. The molecule has 3 rings (SSSR count). The van der Waals surface area contributed by atoms with Crippen LogP contribution < -0.4 is 16.4 Å². The maximum Gasteiger partial charge on any atom is 0.315 e. The van der Waals surface area contributed by atoms with Gasteiger partial charge in [-0.05, 0) is 60.8 Å². The number of carbonyl (C=O) groups is 2. The molecule has 0 radical (unpaired) electrons. The number of urea groups is 1. The zero-order valence-corrected chi connectivity index (χ0v) is 20.0. The lowest BCUT2D eigenvalue weighted by Crippen LogP contribution is -2.51. The van der Waals surface area contributed by atoms with Gasteiger partial charge in [-0.3, -0.25) is 4.79 Å². The van der Waals surface area contributed by atoms with Crippen molar-refractivity contribution < 1.29 is 9.59 Å². The van der Waals surface area contributed by atoms with Crippen molar-refractivity contribution in [3.8, 4) is 0 Å². The monoisotopic (exact) mass is 454 g/mol. The summed E-state index contributed by atoms with van der Waals surface area (Å²) in [5.74, 6) is 0.278. The third-order valence-electron chi connectivity index (χ3n) is 5.78. The summed E-state index contributed by atoms with van der Waals surface area (Å²) in [7, 11) is 0. The van der Waals surface area contributed by atoms with E-state index in [1.807, 2.05) is 29.2 Å². The average molecular weight is 455 g/mol. The van der Waals surface area contributed by atoms with Gasteiger partial charge in [0.2, 0.25) is 5.91 Å². The van der Waals surface area contributed by atoms with Crippen molar-refractivity contribution in [3.05, 3.63) is 59.7 Å². The quantitative estimate of drug-likeness (QED) is 0.403. The lowest BCUT2D eigenvalue weighted by Gasteiger charge is -2.31. The number of thioether (sulfide) groups is 1. The molecular formula is C25H34N4O2S. The molecule has 6 nitrogen and oxygen atoms in total. The van der Waals surface area contributed by atoms with Crippen LogP contribution in [0.15, 0.2) is 53.4 Å². The summed E-state index contributed by atoms with van der Waals surface area (Å²) in [5.41, 5.74) is 8.55. The van der Waals surface area contributed by atoms with E-state index in [1.54, 1.807) is 23.9 Å². The second-order valence-electron chi connectivity index (χ2n) is 8.68. The number of anilines is 1. The molecule has 0 aliphatic carbocycles. The molecule has 3 amide bonds. The summed E-state index contributed by atoms with van der Waals surface area (Å²) in [6.45, 7) is 5.23. The first-order valence-corrected chi connectivity index (χ1v) is 12.4. The summed E-state index contributed by atoms with van der Waals surface area (Å²) in [6.07, 6.45) is 4.58. The maximum absolute atomic E-state index is 13.6. The highest BCUT2D eigenvalue weighted by molar-refractivity contribution is 7.98. The van der Waals surface area contributed by atoms with E-state index in [1.165, 1.54) is 10.5 Å². The van der Waals surface area contributed by atoms with Crippen LogP contribution in [0.25, 0.3) is 0 Å². The first kappa shape index (κ1) is 24.0. The molecule has 0 aromatic heterocycles. The number of hydrogen-bond acceptors (Lipinski definition) is 4. The Kier molecular flexibility index (Phi) is 8.45. The van der Waals surface area contributed by atoms with Crippen LogP contribution in [0.2, 0.25) is 0 Å². The van der Waals surface area contributed by atoms with Crippen LogP contribution in [-0.4, -0.2) is 35.7 Å². The van der Waals surface area contributed by atoms with Gasteiger partial charge >= 0.3 is 6.03 Å². The number of nitrogens with two attached hydrogens (primary N) is 1. The topological polar surface area (TPSA) is 87.5 Å². The van der Waals surface area contributed by atoms with Gasteiger partial charge in [0.05, 0.1) is 6.04 Å². The van der Waals surface area contributed by atoms with Crippen LogP contribution in [0.4, 0.5) is 10.5 Å². The Balaban J connectivity index is 1.69. The molecule has 7 heteroatoms. The minimum absolute atomic E-state index is 0.000240. The molecule has 1 aliphatic rings. The number of rotatable bonds is 8. The number of nitrogens with zero attached hydrogens (tertiary/aromatic N) is 1. The molecule has 2 unspecified atom stereocenters. The Morgan fingerprint density at radius 3 is 2.56 bits per heavy atom. The highest BCUT2D eigenvalue weighted by Gasteiger charge is 2.35. The van der Waals surface area contributed by atoms with E-state index in [0.29, 0.717) is 18.7 Å². The van der Waals surface area contributed by atoms with E-state index < -0.39 is 6.04 Å². The number of carbonyl (C=O) groups excluding carboxylic acids is 2. The van der Waals surface area contributed by atoms with E-state index in [2.05, 4.69) is 42.9 Å². The van der Waals surface area contributed by atoms with Gasteiger partial charge in [0, 0.05) is 23.7 Å². The van der Waals surface area contributed by atoms with Crippen LogP contribution in [-0.2, 0) is 11.3 Å². The zero-order chi connectivity index (χ0) is 23.1. The third kappa shape index (κ3) is 6.19. The average Bonchev–Trinajstić information content (AvgIpc) is 3.27. The van der Waals surface area contributed by atoms with Gasteiger partial charge < -0.3 is 21.3 Å². The fourth-order valence-electron chi connectivity index (χ4n) is 4.22. The first-order chi connectivity index (χ1) is 15.4. The van der Waals surface area contributed by atoms with Crippen LogP contribution in [0.3, 0.4) is 0 Å². The molecule has 2 aromatic carbocycles. The van der Waals surface area contributed by atoms with E-state index in [0.717, 1.165) is 24.9 Å². The summed E-state index contributed by atoms with van der Waals surface area (Å²) in [5, 5.41) is 5.80. The predicted molar refractivity (Wildman–Crippen MR) is 131 cm³/mol. The number of nitrogens with one attached hydrogen (secondary N) is 2. The molecular weight excluding hydrogens is 420 g/mol. The van der Waals surface area contributed by atoms with Gasteiger partial charge in [-0.15, -0.1) is 11.8 Å². The minimum Gasteiger partial charge on any atom is -0.399 e. The van der Waals surface area contributed by atoms with Crippen molar-refractivity contribution >= 4 is 29.4 Å². The Morgan fingerprint density at radius 1 is 1.16 bits per heavy atom. The molecule has 0 saturated carbocycles. The SMILES string of the molecule is CSc1ccccc1C1CCCN1C(=O)C(CC(C)C)NC(=O)NCc1ccc(N)cc1. The van der Waals surface area contributed by atoms with Crippen molar-refractivity contribution in [1.82, 2.24) is 15.5 Å². The van der Waals surface area contributed by atoms with Gasteiger partial charge in [0.15, 0.2) is 0 Å². The van der Waals surface area contributed by atoms with Crippen LogP contribution in [0, 0.1) is 5.92 Å². The lowest BCUT2D eigenvalue weighted by molar-refractivity contribution is -0.134. The standard InChI is InChI=1S/C25H34N4O2S/c1-17(2)15-21(28-25(31)27-16-18-10-12-19(26)13-11-18)24(30)29-14-6-8-22(29)20-7-4-5-9-23(20)32-3/h4-5,7,9-13,17,21-22H,6,8,14-16,26H2,1-3H3,(H2,27,28,31). The number of hydrogen-bond donors (Lipinski definition) is 3. The summed E-state index contributed by atoms with van der Waals surface area (Å²) >= 11 is 1.71. The first-order valence-electron chi connectivity index (χ1n) is 11.2. The van der Waals surface area contributed by atoms with Crippen molar-refractivity contribution in [3.63, 3.8) is 0 Å². The Labute approximate surface area is 195 Å². The molecule has 1 fully saturated rings. The molecule has 0 spiro atoms. The normalized spacial score (nSPS) is 16.8. The second kappa shape index (κ2) is 11.3. The Bertz CT molecular complexity index is 916. The molecule has 0 bridgehead atoms. The number of nitrogen functional groups attached to an aromatic ring is 1. The van der Waals surface area contributed by atoms with Crippen LogP contribution in [0.5, 0.6) is 0 Å². The maximum atomic E-state index is 13.6. The zero-order valence-electron chi connectivity index (χ0n) is 19.1. The minimum atomic E-state index is -0.552. The van der Waals surface area contributed by atoms with E-state index in [4.69, 9.17) is 5.73 Å². The third-order valence-corrected chi connectivity index (χ3v) is 6.59. The van der Waals surface area contributed by atoms with E-state index in [9.17, 15) is 9.59 Å². The van der Waals surface area contributed by atoms with E-state index >= 15 is 0 Å². The van der Waals surface area contributed by atoms with Gasteiger partial charge in [-0.1, -0.05) is 44.2 Å². The van der Waals surface area contributed by atoms with Gasteiger partial charge in [0.25, 0.3) is 0 Å². The fourth-order valence-corrected chi connectivity index (χ4v) is 4.87. The highest BCUT2D eigenvalue weighted by atomic mass is 32.2. The summed E-state index contributed by atoms with van der Waals surface area (Å²) < 4.78 is 0. The molecule has 172 valence electrons.